The van der Waals surface area contributed by atoms with Crippen molar-refractivity contribution in [2.45, 2.75) is 26.2 Å². The second-order valence-electron chi connectivity index (χ2n) is 8.02. The van der Waals surface area contributed by atoms with Gasteiger partial charge in [0.05, 0.1) is 7.11 Å². The quantitative estimate of drug-likeness (QED) is 0.273. The maximum Gasteiger partial charge on any atom is 0.193 e. The number of hydrogen-bond donors (Lipinski definition) is 1. The average Bonchev–Trinajstić information content (AvgIpc) is 2.75. The van der Waals surface area contributed by atoms with Gasteiger partial charge in [0.15, 0.2) is 5.96 Å². The number of methoxy groups -OCH3 is 1. The molecule has 0 bridgehead atoms. The van der Waals surface area contributed by atoms with E-state index in [0.29, 0.717) is 0 Å². The summed E-state index contributed by atoms with van der Waals surface area (Å²) < 4.78 is 5.25. The molecule has 2 saturated heterocycles. The van der Waals surface area contributed by atoms with Crippen LogP contribution < -0.4 is 15.0 Å². The third-order valence-corrected chi connectivity index (χ3v) is 6.04. The van der Waals surface area contributed by atoms with Crippen molar-refractivity contribution < 1.29 is 4.74 Å². The molecule has 0 saturated carbocycles. The summed E-state index contributed by atoms with van der Waals surface area (Å²) in [4.78, 5) is 11.9. The lowest BCUT2D eigenvalue weighted by molar-refractivity contribution is 0.252. The van der Waals surface area contributed by atoms with Crippen LogP contribution in [0.25, 0.3) is 0 Å². The minimum Gasteiger partial charge on any atom is -0.497 e. The molecular formula is C22H38IN5O. The van der Waals surface area contributed by atoms with E-state index < -0.39 is 0 Å². The highest BCUT2D eigenvalue weighted by Crippen LogP contribution is 2.20. The van der Waals surface area contributed by atoms with E-state index in [1.165, 1.54) is 18.5 Å². The zero-order valence-electron chi connectivity index (χ0n) is 18.3. The highest BCUT2D eigenvalue weighted by atomic mass is 127. The van der Waals surface area contributed by atoms with Crippen molar-refractivity contribution in [3.05, 3.63) is 24.3 Å². The summed E-state index contributed by atoms with van der Waals surface area (Å²) in [6, 6.07) is 8.41. The Kier molecular flexibility index (Phi) is 10.3. The summed E-state index contributed by atoms with van der Waals surface area (Å²) in [6.07, 6.45) is 3.71. The topological polar surface area (TPSA) is 43.3 Å². The van der Waals surface area contributed by atoms with Crippen LogP contribution in [0.2, 0.25) is 0 Å². The molecule has 2 fully saturated rings. The lowest BCUT2D eigenvalue weighted by atomic mass is 10.00. The Balaban J connectivity index is 0.00000300. The predicted octanol–water partition coefficient (Wildman–Crippen LogP) is 3.13. The van der Waals surface area contributed by atoms with Crippen molar-refractivity contribution in [3.63, 3.8) is 0 Å². The van der Waals surface area contributed by atoms with Crippen molar-refractivity contribution in [2.75, 3.05) is 71.4 Å². The van der Waals surface area contributed by atoms with Crippen LogP contribution in [-0.4, -0.2) is 82.3 Å². The van der Waals surface area contributed by atoms with Gasteiger partial charge in [-0.3, -0.25) is 9.89 Å². The Morgan fingerprint density at radius 3 is 2.31 bits per heavy atom. The van der Waals surface area contributed by atoms with E-state index in [1.807, 2.05) is 19.2 Å². The molecule has 0 spiro atoms. The highest BCUT2D eigenvalue weighted by Gasteiger charge is 2.19. The lowest BCUT2D eigenvalue weighted by Gasteiger charge is -2.36. The molecule has 164 valence electrons. The maximum absolute atomic E-state index is 5.25. The van der Waals surface area contributed by atoms with Crippen molar-refractivity contribution in [1.82, 2.24) is 15.1 Å². The van der Waals surface area contributed by atoms with E-state index in [9.17, 15) is 0 Å². The minimum absolute atomic E-state index is 0. The van der Waals surface area contributed by atoms with Crippen LogP contribution in [0.4, 0.5) is 5.69 Å². The first kappa shape index (κ1) is 24.1. The molecule has 1 aromatic rings. The van der Waals surface area contributed by atoms with Gasteiger partial charge >= 0.3 is 0 Å². The van der Waals surface area contributed by atoms with E-state index in [-0.39, 0.29) is 24.0 Å². The van der Waals surface area contributed by atoms with Crippen LogP contribution >= 0.6 is 24.0 Å². The van der Waals surface area contributed by atoms with E-state index in [4.69, 9.17) is 4.74 Å². The van der Waals surface area contributed by atoms with Gasteiger partial charge < -0.3 is 19.9 Å². The van der Waals surface area contributed by atoms with E-state index >= 15 is 0 Å². The molecule has 3 rings (SSSR count). The van der Waals surface area contributed by atoms with Crippen LogP contribution in [0.1, 0.15) is 26.2 Å². The molecule has 0 atom stereocenters. The van der Waals surface area contributed by atoms with Gasteiger partial charge in [0.25, 0.3) is 0 Å². The van der Waals surface area contributed by atoms with Gasteiger partial charge in [-0.15, -0.1) is 24.0 Å². The monoisotopic (exact) mass is 515 g/mol. The van der Waals surface area contributed by atoms with Crippen molar-refractivity contribution >= 4 is 35.6 Å². The number of piperidine rings is 1. The molecule has 6 nitrogen and oxygen atoms in total. The number of nitrogens with zero attached hydrogens (tertiary/aromatic N) is 4. The number of piperazine rings is 1. The second-order valence-corrected chi connectivity index (χ2v) is 8.02. The first-order valence-electron chi connectivity index (χ1n) is 10.8. The number of ether oxygens (including phenoxy) is 1. The van der Waals surface area contributed by atoms with Crippen molar-refractivity contribution in [3.8, 4) is 5.75 Å². The normalized spacial score (nSPS) is 19.1. The van der Waals surface area contributed by atoms with Gasteiger partial charge in [-0.1, -0.05) is 6.92 Å². The summed E-state index contributed by atoms with van der Waals surface area (Å²) in [5.74, 6) is 2.85. The zero-order valence-corrected chi connectivity index (χ0v) is 20.6. The standard InChI is InChI=1S/C22H37N5O.HI/c1-19-9-13-27(14-10-19)22(23-2)24-11-4-12-25-15-17-26(18-16-25)20-5-7-21(28-3)8-6-20;/h5-8,19H,4,9-18H2,1-3H3,(H,23,24);1H. The fourth-order valence-electron chi connectivity index (χ4n) is 4.08. The SMILES string of the molecule is CN=C(NCCCN1CCN(c2ccc(OC)cc2)CC1)N1CCC(C)CC1.I. The van der Waals surface area contributed by atoms with Gasteiger partial charge in [0.1, 0.15) is 5.75 Å². The van der Waals surface area contributed by atoms with Crippen LogP contribution in [0.5, 0.6) is 5.75 Å². The zero-order chi connectivity index (χ0) is 19.8. The smallest absolute Gasteiger partial charge is 0.193 e. The molecule has 0 aromatic heterocycles. The van der Waals surface area contributed by atoms with Crippen molar-refractivity contribution in [2.24, 2.45) is 10.9 Å². The fraction of sp³-hybridized carbons (Fsp3) is 0.682. The highest BCUT2D eigenvalue weighted by molar-refractivity contribution is 14.0. The first-order chi connectivity index (χ1) is 13.7. The Morgan fingerprint density at radius 2 is 1.72 bits per heavy atom. The molecule has 0 unspecified atom stereocenters. The number of aliphatic imine (C=N–C) groups is 1. The van der Waals surface area contributed by atoms with Crippen LogP contribution in [0.3, 0.4) is 0 Å². The predicted molar refractivity (Wildman–Crippen MR) is 133 cm³/mol. The number of nitrogens with one attached hydrogen (secondary N) is 1. The molecule has 7 heteroatoms. The summed E-state index contributed by atoms with van der Waals surface area (Å²) in [6.45, 7) is 11.2. The minimum atomic E-state index is 0. The van der Waals surface area contributed by atoms with Gasteiger partial charge in [-0.25, -0.2) is 0 Å². The Labute approximate surface area is 193 Å². The number of benzene rings is 1. The average molecular weight is 515 g/mol. The van der Waals surface area contributed by atoms with E-state index in [1.54, 1.807) is 7.11 Å². The van der Waals surface area contributed by atoms with Crippen LogP contribution in [0, 0.1) is 5.92 Å². The maximum atomic E-state index is 5.25. The number of anilines is 1. The fourth-order valence-corrected chi connectivity index (χ4v) is 4.08. The van der Waals surface area contributed by atoms with Crippen LogP contribution in [-0.2, 0) is 0 Å². The third-order valence-electron chi connectivity index (χ3n) is 6.04. The Morgan fingerprint density at radius 1 is 1.07 bits per heavy atom. The molecule has 2 aliphatic heterocycles. The lowest BCUT2D eigenvalue weighted by Crippen LogP contribution is -2.48. The Hall–Kier alpha value is -1.22. The third kappa shape index (κ3) is 7.20. The molecule has 2 aliphatic rings. The first-order valence-corrected chi connectivity index (χ1v) is 10.8. The van der Waals surface area contributed by atoms with Gasteiger partial charge in [-0.05, 0) is 56.0 Å². The number of rotatable bonds is 6. The molecule has 2 heterocycles. The summed E-state index contributed by atoms with van der Waals surface area (Å²) >= 11 is 0. The summed E-state index contributed by atoms with van der Waals surface area (Å²) in [5.41, 5.74) is 1.29. The molecule has 0 radical (unpaired) electrons. The molecule has 0 amide bonds. The molecule has 29 heavy (non-hydrogen) atoms. The largest absolute Gasteiger partial charge is 0.497 e. The second kappa shape index (κ2) is 12.5. The number of likely N-dealkylation sites (tertiary alicyclic amines) is 1. The van der Waals surface area contributed by atoms with Crippen LogP contribution in [0.15, 0.2) is 29.3 Å². The number of guanidine groups is 1. The molecule has 1 aromatic carbocycles. The van der Waals surface area contributed by atoms with E-state index in [0.717, 1.165) is 76.4 Å². The molecular weight excluding hydrogens is 477 g/mol. The number of halogens is 1. The number of hydrogen-bond acceptors (Lipinski definition) is 4. The van der Waals surface area contributed by atoms with Gasteiger partial charge in [0, 0.05) is 58.5 Å². The van der Waals surface area contributed by atoms with Gasteiger partial charge in [0.2, 0.25) is 0 Å². The Bertz CT molecular complexity index is 608. The molecule has 0 aliphatic carbocycles. The summed E-state index contributed by atoms with van der Waals surface area (Å²) in [5, 5.41) is 3.57. The molecule has 1 N–H and O–H groups in total. The van der Waals surface area contributed by atoms with Gasteiger partial charge in [-0.2, -0.15) is 0 Å². The van der Waals surface area contributed by atoms with Crippen molar-refractivity contribution in [1.29, 1.82) is 0 Å². The van der Waals surface area contributed by atoms with E-state index in [2.05, 4.69) is 44.1 Å². The summed E-state index contributed by atoms with van der Waals surface area (Å²) in [7, 11) is 3.61.